The first-order valence-corrected chi connectivity index (χ1v) is 12.2. The molecule has 1 amide bonds. The van der Waals surface area contributed by atoms with Gasteiger partial charge >= 0.3 is 0 Å². The molecule has 0 spiro atoms. The molecule has 154 valence electrons. The molecule has 4 bridgehead atoms. The Morgan fingerprint density at radius 3 is 2.32 bits per heavy atom. The zero-order chi connectivity index (χ0) is 19.9. The summed E-state index contributed by atoms with van der Waals surface area (Å²) in [4.78, 5) is 12.9. The van der Waals surface area contributed by atoms with Crippen LogP contribution in [0.15, 0.2) is 29.2 Å². The summed E-state index contributed by atoms with van der Waals surface area (Å²) < 4.78 is 27.7. The summed E-state index contributed by atoms with van der Waals surface area (Å²) in [6, 6.07) is 6.22. The van der Waals surface area contributed by atoms with Gasteiger partial charge in [0, 0.05) is 18.2 Å². The number of nitrogens with one attached hydrogen (secondary N) is 2. The lowest BCUT2D eigenvalue weighted by molar-refractivity contribution is -0.0503. The van der Waals surface area contributed by atoms with Crippen LogP contribution in [0.2, 0.25) is 0 Å². The third kappa shape index (κ3) is 3.99. The average Bonchev–Trinajstić information content (AvgIpc) is 2.65. The first kappa shape index (κ1) is 19.9. The first-order chi connectivity index (χ1) is 13.3. The maximum atomic E-state index is 12.8. The van der Waals surface area contributed by atoms with E-state index >= 15 is 0 Å². The molecule has 1 atom stereocenters. The Bertz CT molecular complexity index is 814. The van der Waals surface area contributed by atoms with Crippen LogP contribution in [-0.4, -0.2) is 26.9 Å². The number of hydrogen-bond donors (Lipinski definition) is 2. The second-order valence-electron chi connectivity index (χ2n) is 9.56. The van der Waals surface area contributed by atoms with Crippen molar-refractivity contribution in [1.82, 2.24) is 10.0 Å². The number of benzene rings is 1. The maximum Gasteiger partial charge on any atom is 0.251 e. The standard InChI is InChI=1S/C22H32N2O3S/c1-3-15(2)24-28(26,27)20-6-4-5-19(10-20)21(25)23-14-22-11-16-7-17(12-22)9-18(8-16)13-22/h4-6,10,15-18,24H,3,7-9,11-14H2,1-2H3,(H,23,25)/t15-,16?,17?,18?,22?/m1/s1. The zero-order valence-corrected chi connectivity index (χ0v) is 17.7. The largest absolute Gasteiger partial charge is 0.351 e. The number of carbonyl (C=O) groups excluding carboxylic acids is 1. The Kier molecular flexibility index (Phi) is 5.29. The molecule has 1 aromatic rings. The molecule has 1 aromatic carbocycles. The fourth-order valence-electron chi connectivity index (χ4n) is 6.10. The molecule has 0 aliphatic heterocycles. The van der Waals surface area contributed by atoms with Crippen LogP contribution >= 0.6 is 0 Å². The van der Waals surface area contributed by atoms with E-state index in [0.717, 1.165) is 24.3 Å². The highest BCUT2D eigenvalue weighted by molar-refractivity contribution is 7.89. The summed E-state index contributed by atoms with van der Waals surface area (Å²) in [6.45, 7) is 4.48. The van der Waals surface area contributed by atoms with Gasteiger partial charge in [0.05, 0.1) is 4.90 Å². The van der Waals surface area contributed by atoms with Crippen molar-refractivity contribution >= 4 is 15.9 Å². The van der Waals surface area contributed by atoms with E-state index in [1.807, 2.05) is 13.8 Å². The van der Waals surface area contributed by atoms with Crippen LogP contribution in [-0.2, 0) is 10.0 Å². The molecule has 0 radical (unpaired) electrons. The van der Waals surface area contributed by atoms with Gasteiger partial charge in [0.2, 0.25) is 10.0 Å². The highest BCUT2D eigenvalue weighted by Crippen LogP contribution is 2.59. The zero-order valence-electron chi connectivity index (χ0n) is 16.9. The molecule has 2 N–H and O–H groups in total. The summed E-state index contributed by atoms with van der Waals surface area (Å²) >= 11 is 0. The third-order valence-corrected chi connectivity index (χ3v) is 8.75. The molecule has 6 heteroatoms. The van der Waals surface area contributed by atoms with Gasteiger partial charge in [-0.05, 0) is 93.2 Å². The van der Waals surface area contributed by atoms with Gasteiger partial charge in [-0.1, -0.05) is 13.0 Å². The normalized spacial score (nSPS) is 32.3. The molecule has 28 heavy (non-hydrogen) atoms. The SMILES string of the molecule is CC[C@@H](C)NS(=O)(=O)c1cccc(C(=O)NCC23CC4CC(CC(C4)C2)C3)c1. The van der Waals surface area contributed by atoms with Crippen LogP contribution < -0.4 is 10.0 Å². The van der Waals surface area contributed by atoms with Crippen molar-refractivity contribution in [3.8, 4) is 0 Å². The van der Waals surface area contributed by atoms with Crippen molar-refractivity contribution in [1.29, 1.82) is 0 Å². The fraction of sp³-hybridized carbons (Fsp3) is 0.682. The molecule has 0 aromatic heterocycles. The van der Waals surface area contributed by atoms with E-state index < -0.39 is 10.0 Å². The van der Waals surface area contributed by atoms with Gasteiger partial charge < -0.3 is 5.32 Å². The number of sulfonamides is 1. The number of carbonyl (C=O) groups is 1. The second kappa shape index (κ2) is 7.45. The molecule has 4 aliphatic carbocycles. The molecule has 5 nitrogen and oxygen atoms in total. The van der Waals surface area contributed by atoms with Gasteiger partial charge in [-0.3, -0.25) is 4.79 Å². The molecule has 0 unspecified atom stereocenters. The second-order valence-corrected chi connectivity index (χ2v) is 11.3. The summed E-state index contributed by atoms with van der Waals surface area (Å²) in [6.07, 6.45) is 8.60. The Morgan fingerprint density at radius 2 is 1.75 bits per heavy atom. The molecule has 4 saturated carbocycles. The summed E-state index contributed by atoms with van der Waals surface area (Å²) in [7, 11) is -3.61. The summed E-state index contributed by atoms with van der Waals surface area (Å²) in [5.74, 6) is 2.38. The van der Waals surface area contributed by atoms with E-state index in [1.165, 1.54) is 44.6 Å². The molecule has 0 heterocycles. The Morgan fingerprint density at radius 1 is 1.14 bits per heavy atom. The van der Waals surface area contributed by atoms with Crippen LogP contribution in [0.1, 0.15) is 69.2 Å². The number of amides is 1. The van der Waals surface area contributed by atoms with E-state index in [1.54, 1.807) is 18.2 Å². The maximum absolute atomic E-state index is 12.8. The van der Waals surface area contributed by atoms with E-state index in [4.69, 9.17) is 0 Å². The van der Waals surface area contributed by atoms with Gasteiger partial charge in [0.25, 0.3) is 5.91 Å². The monoisotopic (exact) mass is 404 g/mol. The van der Waals surface area contributed by atoms with Gasteiger partial charge in [-0.2, -0.15) is 0 Å². The van der Waals surface area contributed by atoms with Gasteiger partial charge in [-0.25, -0.2) is 13.1 Å². The van der Waals surface area contributed by atoms with Crippen LogP contribution in [0.5, 0.6) is 0 Å². The topological polar surface area (TPSA) is 75.3 Å². The minimum absolute atomic E-state index is 0.140. The van der Waals surface area contributed by atoms with Gasteiger partial charge in [0.15, 0.2) is 0 Å². The Labute approximate surface area is 168 Å². The van der Waals surface area contributed by atoms with Crippen molar-refractivity contribution < 1.29 is 13.2 Å². The highest BCUT2D eigenvalue weighted by atomic mass is 32.2. The van der Waals surface area contributed by atoms with Crippen molar-refractivity contribution in [2.24, 2.45) is 23.2 Å². The Balaban J connectivity index is 1.43. The number of hydrogen-bond acceptors (Lipinski definition) is 3. The van der Waals surface area contributed by atoms with Crippen molar-refractivity contribution in [2.45, 2.75) is 69.7 Å². The fourth-order valence-corrected chi connectivity index (χ4v) is 7.47. The minimum atomic E-state index is -3.61. The van der Waals surface area contributed by atoms with E-state index in [9.17, 15) is 13.2 Å². The van der Waals surface area contributed by atoms with Crippen LogP contribution in [0, 0.1) is 23.2 Å². The number of rotatable bonds is 7. The third-order valence-electron chi connectivity index (χ3n) is 7.16. The highest BCUT2D eigenvalue weighted by Gasteiger charge is 2.50. The van der Waals surface area contributed by atoms with Gasteiger partial charge in [-0.15, -0.1) is 0 Å². The van der Waals surface area contributed by atoms with Crippen LogP contribution in [0.4, 0.5) is 0 Å². The van der Waals surface area contributed by atoms with E-state index in [-0.39, 0.29) is 22.3 Å². The van der Waals surface area contributed by atoms with Crippen LogP contribution in [0.25, 0.3) is 0 Å². The predicted molar refractivity (Wildman–Crippen MR) is 109 cm³/mol. The molecule has 4 aliphatic rings. The molecular formula is C22H32N2O3S. The van der Waals surface area contributed by atoms with Crippen LogP contribution in [0.3, 0.4) is 0 Å². The lowest BCUT2D eigenvalue weighted by Crippen LogP contribution is -2.51. The van der Waals surface area contributed by atoms with Crippen molar-refractivity contribution in [3.05, 3.63) is 29.8 Å². The predicted octanol–water partition coefficient (Wildman–Crippen LogP) is 3.71. The average molecular weight is 405 g/mol. The first-order valence-electron chi connectivity index (χ1n) is 10.7. The molecule has 5 rings (SSSR count). The quantitative estimate of drug-likeness (QED) is 0.727. The lowest BCUT2D eigenvalue weighted by Gasteiger charge is -2.56. The minimum Gasteiger partial charge on any atom is -0.351 e. The smallest absolute Gasteiger partial charge is 0.251 e. The molecule has 0 saturated heterocycles. The van der Waals surface area contributed by atoms with E-state index in [2.05, 4.69) is 10.0 Å². The van der Waals surface area contributed by atoms with E-state index in [0.29, 0.717) is 12.0 Å². The van der Waals surface area contributed by atoms with Crippen molar-refractivity contribution in [2.75, 3.05) is 6.54 Å². The van der Waals surface area contributed by atoms with Gasteiger partial charge in [0.1, 0.15) is 0 Å². The summed E-state index contributed by atoms with van der Waals surface area (Å²) in [5.41, 5.74) is 0.684. The summed E-state index contributed by atoms with van der Waals surface area (Å²) in [5, 5.41) is 3.13. The molecule has 4 fully saturated rings. The van der Waals surface area contributed by atoms with Crippen molar-refractivity contribution in [3.63, 3.8) is 0 Å². The lowest BCUT2D eigenvalue weighted by atomic mass is 9.49. The Hall–Kier alpha value is -1.40. The molecular weight excluding hydrogens is 372 g/mol.